The van der Waals surface area contributed by atoms with Gasteiger partial charge in [0.05, 0.1) is 10.4 Å². The molecule has 5 heteroatoms. The van der Waals surface area contributed by atoms with E-state index in [-0.39, 0.29) is 5.92 Å². The molecule has 0 aromatic carbocycles. The second-order valence-corrected chi connectivity index (χ2v) is 4.10. The second-order valence-electron chi connectivity index (χ2n) is 3.25. The first-order chi connectivity index (χ1) is 6.68. The van der Waals surface area contributed by atoms with Gasteiger partial charge in [-0.15, -0.1) is 0 Å². The average molecular weight is 257 g/mol. The summed E-state index contributed by atoms with van der Waals surface area (Å²) in [6.07, 6.45) is 1.70. The zero-order chi connectivity index (χ0) is 10.1. The third-order valence-corrected chi connectivity index (χ3v) is 2.89. The quantitative estimate of drug-likeness (QED) is 0.869. The van der Waals surface area contributed by atoms with E-state index in [0.717, 1.165) is 10.3 Å². The Kier molecular flexibility index (Phi) is 2.41. The maximum Gasteiger partial charge on any atom is 0.310 e. The third-order valence-electron chi connectivity index (χ3n) is 2.27. The number of anilines is 1. The number of aliphatic carboxylic acids is 1. The van der Waals surface area contributed by atoms with Gasteiger partial charge in [0.2, 0.25) is 0 Å². The van der Waals surface area contributed by atoms with Crippen LogP contribution in [0.3, 0.4) is 0 Å². The van der Waals surface area contributed by atoms with Crippen molar-refractivity contribution in [2.45, 2.75) is 0 Å². The fourth-order valence-electron chi connectivity index (χ4n) is 1.42. The molecule has 1 aromatic rings. The van der Waals surface area contributed by atoms with Crippen LogP contribution < -0.4 is 4.90 Å². The molecule has 74 valence electrons. The maximum atomic E-state index is 10.6. The number of nitrogens with zero attached hydrogens (tertiary/aromatic N) is 2. The van der Waals surface area contributed by atoms with E-state index in [9.17, 15) is 4.79 Å². The second kappa shape index (κ2) is 3.57. The van der Waals surface area contributed by atoms with Gasteiger partial charge in [-0.3, -0.25) is 4.79 Å². The highest BCUT2D eigenvalue weighted by molar-refractivity contribution is 9.10. The van der Waals surface area contributed by atoms with Gasteiger partial charge in [-0.1, -0.05) is 0 Å². The lowest BCUT2D eigenvalue weighted by Gasteiger charge is -2.37. The molecule has 0 unspecified atom stereocenters. The van der Waals surface area contributed by atoms with E-state index in [2.05, 4.69) is 20.9 Å². The summed E-state index contributed by atoms with van der Waals surface area (Å²) in [6, 6.07) is 3.73. The van der Waals surface area contributed by atoms with Crippen LogP contribution in [-0.2, 0) is 4.79 Å². The van der Waals surface area contributed by atoms with E-state index >= 15 is 0 Å². The minimum atomic E-state index is -0.728. The minimum Gasteiger partial charge on any atom is -0.481 e. The smallest absolute Gasteiger partial charge is 0.310 e. The molecule has 1 fully saturated rings. The van der Waals surface area contributed by atoms with Crippen molar-refractivity contribution < 1.29 is 9.90 Å². The first kappa shape index (κ1) is 9.45. The Hall–Kier alpha value is -1.10. The molecule has 0 radical (unpaired) electrons. The fraction of sp³-hybridized carbons (Fsp3) is 0.333. The molecule has 14 heavy (non-hydrogen) atoms. The molecule has 0 saturated carbocycles. The summed E-state index contributed by atoms with van der Waals surface area (Å²) in [5, 5.41) is 8.71. The van der Waals surface area contributed by atoms with Crippen LogP contribution in [0.2, 0.25) is 0 Å². The van der Waals surface area contributed by atoms with Crippen molar-refractivity contribution in [2.75, 3.05) is 18.0 Å². The van der Waals surface area contributed by atoms with Crippen molar-refractivity contribution in [3.8, 4) is 0 Å². The summed E-state index contributed by atoms with van der Waals surface area (Å²) in [6.45, 7) is 1.09. The highest BCUT2D eigenvalue weighted by atomic mass is 79.9. The molecule has 0 aliphatic carbocycles. The van der Waals surface area contributed by atoms with Crippen molar-refractivity contribution in [3.63, 3.8) is 0 Å². The van der Waals surface area contributed by atoms with Crippen LogP contribution >= 0.6 is 15.9 Å². The first-order valence-electron chi connectivity index (χ1n) is 4.27. The van der Waals surface area contributed by atoms with Gasteiger partial charge in [0.25, 0.3) is 0 Å². The van der Waals surface area contributed by atoms with Crippen molar-refractivity contribution in [1.82, 2.24) is 4.98 Å². The Labute approximate surface area is 89.7 Å². The van der Waals surface area contributed by atoms with Crippen LogP contribution in [0.5, 0.6) is 0 Å². The Balaban J connectivity index is 2.07. The topological polar surface area (TPSA) is 53.4 Å². The standard InChI is InChI=1S/C9H9BrN2O2/c10-7-2-1-3-11-8(7)12-4-6(5-12)9(13)14/h1-3,6H,4-5H2,(H,13,14). The number of rotatable bonds is 2. The number of halogens is 1. The van der Waals surface area contributed by atoms with Crippen LogP contribution in [0.15, 0.2) is 22.8 Å². The predicted molar refractivity (Wildman–Crippen MR) is 55.3 cm³/mol. The van der Waals surface area contributed by atoms with Crippen molar-refractivity contribution in [3.05, 3.63) is 22.8 Å². The normalized spacial score (nSPS) is 16.5. The summed E-state index contributed by atoms with van der Waals surface area (Å²) < 4.78 is 0.906. The van der Waals surface area contributed by atoms with Crippen molar-refractivity contribution in [2.24, 2.45) is 5.92 Å². The molecule has 1 aromatic heterocycles. The van der Waals surface area contributed by atoms with Crippen molar-refractivity contribution in [1.29, 1.82) is 0 Å². The molecule has 0 spiro atoms. The molecule has 2 heterocycles. The highest BCUT2D eigenvalue weighted by Gasteiger charge is 2.33. The van der Waals surface area contributed by atoms with E-state index in [1.165, 1.54) is 0 Å². The molecular weight excluding hydrogens is 248 g/mol. The number of hydrogen-bond donors (Lipinski definition) is 1. The third kappa shape index (κ3) is 1.59. The molecule has 2 rings (SSSR count). The number of hydrogen-bond acceptors (Lipinski definition) is 3. The fourth-order valence-corrected chi connectivity index (χ4v) is 1.92. The predicted octanol–water partition coefficient (Wildman–Crippen LogP) is 1.36. The SMILES string of the molecule is O=C(O)C1CN(c2ncccc2Br)C1. The largest absolute Gasteiger partial charge is 0.481 e. The molecule has 0 bridgehead atoms. The van der Waals surface area contributed by atoms with Crippen LogP contribution in [0.4, 0.5) is 5.82 Å². The zero-order valence-electron chi connectivity index (χ0n) is 7.35. The van der Waals surface area contributed by atoms with E-state index in [4.69, 9.17) is 5.11 Å². The lowest BCUT2D eigenvalue weighted by atomic mass is 10.0. The average Bonchev–Trinajstić information content (AvgIpc) is 2.05. The summed E-state index contributed by atoms with van der Waals surface area (Å²) in [5.41, 5.74) is 0. The van der Waals surface area contributed by atoms with Crippen LogP contribution in [-0.4, -0.2) is 29.1 Å². The molecule has 1 aliphatic rings. The van der Waals surface area contributed by atoms with Crippen molar-refractivity contribution >= 4 is 27.7 Å². The minimum absolute atomic E-state index is 0.246. The zero-order valence-corrected chi connectivity index (χ0v) is 8.94. The monoisotopic (exact) mass is 256 g/mol. The Morgan fingerprint density at radius 3 is 2.93 bits per heavy atom. The van der Waals surface area contributed by atoms with Crippen LogP contribution in [0, 0.1) is 5.92 Å². The van der Waals surface area contributed by atoms with Gasteiger partial charge in [-0.2, -0.15) is 0 Å². The molecule has 1 aliphatic heterocycles. The van der Waals surface area contributed by atoms with E-state index in [0.29, 0.717) is 13.1 Å². The Morgan fingerprint density at radius 2 is 2.36 bits per heavy atom. The Morgan fingerprint density at radius 1 is 1.64 bits per heavy atom. The summed E-state index contributed by atoms with van der Waals surface area (Å²) in [7, 11) is 0. The molecule has 0 atom stereocenters. The molecule has 1 N–H and O–H groups in total. The van der Waals surface area contributed by atoms with Gasteiger partial charge in [0.1, 0.15) is 5.82 Å². The van der Waals surface area contributed by atoms with Gasteiger partial charge in [-0.05, 0) is 28.1 Å². The van der Waals surface area contributed by atoms with Gasteiger partial charge in [-0.25, -0.2) is 4.98 Å². The van der Waals surface area contributed by atoms with Gasteiger partial charge in [0, 0.05) is 19.3 Å². The Bertz CT molecular complexity index is 364. The van der Waals surface area contributed by atoms with Crippen LogP contribution in [0.1, 0.15) is 0 Å². The number of carbonyl (C=O) groups is 1. The van der Waals surface area contributed by atoms with Crippen LogP contribution in [0.25, 0.3) is 0 Å². The van der Waals surface area contributed by atoms with Gasteiger partial charge < -0.3 is 10.0 Å². The van der Waals surface area contributed by atoms with E-state index in [1.807, 2.05) is 17.0 Å². The van der Waals surface area contributed by atoms with Gasteiger partial charge in [0.15, 0.2) is 0 Å². The summed E-state index contributed by atoms with van der Waals surface area (Å²) in [4.78, 5) is 16.7. The summed E-state index contributed by atoms with van der Waals surface area (Å²) in [5.74, 6) is -0.151. The van der Waals surface area contributed by atoms with Gasteiger partial charge >= 0.3 is 5.97 Å². The number of carboxylic acid groups (broad SMARTS) is 1. The van der Waals surface area contributed by atoms with E-state index in [1.54, 1.807) is 6.20 Å². The molecular formula is C9H9BrN2O2. The highest BCUT2D eigenvalue weighted by Crippen LogP contribution is 2.28. The number of carboxylic acids is 1. The lowest BCUT2D eigenvalue weighted by Crippen LogP contribution is -2.50. The molecule has 4 nitrogen and oxygen atoms in total. The lowest BCUT2D eigenvalue weighted by molar-refractivity contribution is -0.142. The molecule has 1 saturated heterocycles. The number of pyridine rings is 1. The first-order valence-corrected chi connectivity index (χ1v) is 5.06. The number of aromatic nitrogens is 1. The molecule has 0 amide bonds. The summed E-state index contributed by atoms with van der Waals surface area (Å²) >= 11 is 3.38. The maximum absolute atomic E-state index is 10.6. The van der Waals surface area contributed by atoms with E-state index < -0.39 is 5.97 Å².